The Kier molecular flexibility index (Phi) is 3.46. The largest absolute Gasteiger partial charge is 0.464 e. The highest BCUT2D eigenvalue weighted by molar-refractivity contribution is 5.58. The van der Waals surface area contributed by atoms with Gasteiger partial charge in [0.2, 0.25) is 5.95 Å². The van der Waals surface area contributed by atoms with Crippen LogP contribution in [-0.2, 0) is 12.8 Å². The molecule has 4 nitrogen and oxygen atoms in total. The lowest BCUT2D eigenvalue weighted by Gasteiger charge is -2.04. The molecule has 0 saturated carbocycles. The lowest BCUT2D eigenvalue weighted by molar-refractivity contribution is 0.582. The minimum Gasteiger partial charge on any atom is -0.464 e. The van der Waals surface area contributed by atoms with Crippen molar-refractivity contribution < 1.29 is 4.42 Å². The number of nitrogen functional groups attached to an aromatic ring is 1. The molecule has 0 aliphatic heterocycles. The summed E-state index contributed by atoms with van der Waals surface area (Å²) in [5, 5.41) is 0. The van der Waals surface area contributed by atoms with Crippen molar-refractivity contribution in [1.82, 2.24) is 9.97 Å². The number of benzene rings is 1. The zero-order valence-corrected chi connectivity index (χ0v) is 11.0. The van der Waals surface area contributed by atoms with Crippen molar-refractivity contribution in [3.05, 3.63) is 66.2 Å². The third kappa shape index (κ3) is 2.85. The molecule has 0 amide bonds. The normalized spacial score (nSPS) is 10.6. The van der Waals surface area contributed by atoms with Crippen LogP contribution in [0, 0.1) is 0 Å². The fourth-order valence-corrected chi connectivity index (χ4v) is 2.15. The molecule has 1 aromatic carbocycles. The van der Waals surface area contributed by atoms with Crippen molar-refractivity contribution in [1.29, 1.82) is 0 Å². The van der Waals surface area contributed by atoms with Gasteiger partial charge in [-0.1, -0.05) is 18.2 Å². The third-order valence-corrected chi connectivity index (χ3v) is 3.13. The molecule has 0 bridgehead atoms. The average molecular weight is 265 g/mol. The molecule has 0 unspecified atom stereocenters. The van der Waals surface area contributed by atoms with Gasteiger partial charge in [0.05, 0.1) is 6.26 Å². The van der Waals surface area contributed by atoms with E-state index in [0.29, 0.717) is 5.95 Å². The van der Waals surface area contributed by atoms with E-state index in [1.54, 1.807) is 12.5 Å². The molecular formula is C16H15N3O. The van der Waals surface area contributed by atoms with Gasteiger partial charge in [-0.15, -0.1) is 0 Å². The number of hydrogen-bond donors (Lipinski definition) is 1. The molecular weight excluding hydrogens is 250 g/mol. The number of furan rings is 1. The highest BCUT2D eigenvalue weighted by Gasteiger charge is 2.03. The predicted octanol–water partition coefficient (Wildman–Crippen LogP) is 3.10. The molecule has 0 aliphatic carbocycles. The van der Waals surface area contributed by atoms with Crippen LogP contribution in [0.4, 0.5) is 5.95 Å². The van der Waals surface area contributed by atoms with Crippen molar-refractivity contribution in [2.45, 2.75) is 12.8 Å². The highest BCUT2D eigenvalue weighted by Crippen LogP contribution is 2.21. The van der Waals surface area contributed by atoms with E-state index < -0.39 is 0 Å². The summed E-state index contributed by atoms with van der Waals surface area (Å²) in [6.07, 6.45) is 5.13. The molecule has 2 heterocycles. The minimum atomic E-state index is 0.326. The van der Waals surface area contributed by atoms with E-state index in [1.165, 1.54) is 5.56 Å². The number of nitrogens with zero attached hydrogens (tertiary/aromatic N) is 2. The lowest BCUT2D eigenvalue weighted by Crippen LogP contribution is -2.00. The number of aryl methyl sites for hydroxylation is 2. The number of nitrogens with two attached hydrogens (primary N) is 1. The second-order valence-electron chi connectivity index (χ2n) is 4.58. The van der Waals surface area contributed by atoms with Crippen molar-refractivity contribution >= 4 is 5.95 Å². The Morgan fingerprint density at radius 2 is 2.00 bits per heavy atom. The van der Waals surface area contributed by atoms with Crippen molar-refractivity contribution in [2.75, 3.05) is 5.73 Å². The Bertz CT molecular complexity index is 692. The van der Waals surface area contributed by atoms with E-state index in [0.717, 1.165) is 29.9 Å². The van der Waals surface area contributed by atoms with Crippen molar-refractivity contribution in [3.8, 4) is 11.3 Å². The molecule has 0 fully saturated rings. The Balaban J connectivity index is 1.73. The first-order chi connectivity index (χ1) is 9.81. The molecule has 0 atom stereocenters. The summed E-state index contributed by atoms with van der Waals surface area (Å²) < 4.78 is 5.42. The van der Waals surface area contributed by atoms with Crippen LogP contribution in [0.1, 0.15) is 11.3 Å². The number of rotatable bonds is 4. The van der Waals surface area contributed by atoms with E-state index in [-0.39, 0.29) is 0 Å². The first kappa shape index (κ1) is 12.4. The van der Waals surface area contributed by atoms with Gasteiger partial charge in [-0.2, -0.15) is 0 Å². The number of anilines is 1. The number of aromatic nitrogens is 2. The second kappa shape index (κ2) is 5.57. The first-order valence-electron chi connectivity index (χ1n) is 6.51. The summed E-state index contributed by atoms with van der Waals surface area (Å²) >= 11 is 0. The standard InChI is InChI=1S/C16H15N3O/c17-16-18-9-8-14(19-16)7-6-12-3-1-4-13(11-12)15-5-2-10-20-15/h1-5,8-11H,6-7H2,(H2,17,18,19). The van der Waals surface area contributed by atoms with Gasteiger partial charge < -0.3 is 10.2 Å². The van der Waals surface area contributed by atoms with Gasteiger partial charge in [0.25, 0.3) is 0 Å². The van der Waals surface area contributed by atoms with Crippen molar-refractivity contribution in [3.63, 3.8) is 0 Å². The lowest BCUT2D eigenvalue weighted by atomic mass is 10.0. The van der Waals surface area contributed by atoms with Gasteiger partial charge in [0.1, 0.15) is 5.76 Å². The summed E-state index contributed by atoms with van der Waals surface area (Å²) in [4.78, 5) is 8.11. The monoisotopic (exact) mass is 265 g/mol. The molecule has 0 aliphatic rings. The van der Waals surface area contributed by atoms with Crippen LogP contribution in [0.15, 0.2) is 59.3 Å². The van der Waals surface area contributed by atoms with Crippen LogP contribution in [-0.4, -0.2) is 9.97 Å². The van der Waals surface area contributed by atoms with E-state index in [4.69, 9.17) is 10.2 Å². The molecule has 0 spiro atoms. The van der Waals surface area contributed by atoms with Gasteiger partial charge in [0, 0.05) is 17.5 Å². The van der Waals surface area contributed by atoms with Crippen LogP contribution >= 0.6 is 0 Å². The summed E-state index contributed by atoms with van der Waals surface area (Å²) in [7, 11) is 0. The van der Waals surface area contributed by atoms with Crippen LogP contribution in [0.3, 0.4) is 0 Å². The van der Waals surface area contributed by atoms with Crippen LogP contribution < -0.4 is 5.73 Å². The van der Waals surface area contributed by atoms with Crippen molar-refractivity contribution in [2.24, 2.45) is 0 Å². The number of hydrogen-bond acceptors (Lipinski definition) is 4. The molecule has 3 rings (SSSR count). The minimum absolute atomic E-state index is 0.326. The quantitative estimate of drug-likeness (QED) is 0.787. The topological polar surface area (TPSA) is 64.9 Å². The fourth-order valence-electron chi connectivity index (χ4n) is 2.15. The summed E-state index contributed by atoms with van der Waals surface area (Å²) in [5.41, 5.74) is 8.88. The van der Waals surface area contributed by atoms with Gasteiger partial charge in [-0.25, -0.2) is 9.97 Å². The second-order valence-corrected chi connectivity index (χ2v) is 4.58. The van der Waals surface area contributed by atoms with E-state index in [1.807, 2.05) is 30.3 Å². The zero-order chi connectivity index (χ0) is 13.8. The molecule has 2 aromatic heterocycles. The van der Waals surface area contributed by atoms with Crippen LogP contribution in [0.2, 0.25) is 0 Å². The summed E-state index contributed by atoms with van der Waals surface area (Å²) in [6, 6.07) is 14.1. The summed E-state index contributed by atoms with van der Waals surface area (Å²) in [6.45, 7) is 0. The van der Waals surface area contributed by atoms with E-state index in [2.05, 4.69) is 22.1 Å². The Morgan fingerprint density at radius 1 is 1.05 bits per heavy atom. The van der Waals surface area contributed by atoms with Gasteiger partial charge in [-0.05, 0) is 42.7 Å². The predicted molar refractivity (Wildman–Crippen MR) is 78.0 cm³/mol. The molecule has 0 radical (unpaired) electrons. The molecule has 20 heavy (non-hydrogen) atoms. The Morgan fingerprint density at radius 3 is 2.80 bits per heavy atom. The maximum absolute atomic E-state index is 5.58. The third-order valence-electron chi connectivity index (χ3n) is 3.13. The van der Waals surface area contributed by atoms with Gasteiger partial charge in [0.15, 0.2) is 0 Å². The highest BCUT2D eigenvalue weighted by atomic mass is 16.3. The van der Waals surface area contributed by atoms with Gasteiger partial charge in [-0.3, -0.25) is 0 Å². The van der Waals surface area contributed by atoms with Crippen LogP contribution in [0.5, 0.6) is 0 Å². The van der Waals surface area contributed by atoms with Crippen LogP contribution in [0.25, 0.3) is 11.3 Å². The molecule has 3 aromatic rings. The average Bonchev–Trinajstić information content (AvgIpc) is 3.00. The smallest absolute Gasteiger partial charge is 0.220 e. The zero-order valence-electron chi connectivity index (χ0n) is 11.0. The maximum atomic E-state index is 5.58. The van der Waals surface area contributed by atoms with E-state index >= 15 is 0 Å². The Labute approximate surface area is 117 Å². The Hall–Kier alpha value is -2.62. The molecule has 2 N–H and O–H groups in total. The molecule has 4 heteroatoms. The maximum Gasteiger partial charge on any atom is 0.220 e. The molecule has 100 valence electrons. The fraction of sp³-hybridized carbons (Fsp3) is 0.125. The first-order valence-corrected chi connectivity index (χ1v) is 6.51. The molecule has 0 saturated heterocycles. The SMILES string of the molecule is Nc1nccc(CCc2cccc(-c3ccco3)c2)n1. The summed E-state index contributed by atoms with van der Waals surface area (Å²) in [5.74, 6) is 1.21. The van der Waals surface area contributed by atoms with Gasteiger partial charge >= 0.3 is 0 Å². The van der Waals surface area contributed by atoms with E-state index in [9.17, 15) is 0 Å².